The molecule has 2 heterocycles. The van der Waals surface area contributed by atoms with Gasteiger partial charge in [-0.3, -0.25) is 0 Å². The van der Waals surface area contributed by atoms with Gasteiger partial charge in [-0.25, -0.2) is 0 Å². The fourth-order valence-electron chi connectivity index (χ4n) is 0.589. The molecule has 88 valence electrons. The molecule has 0 amide bonds. The molecule has 2 saturated heterocycles. The van der Waals surface area contributed by atoms with Gasteiger partial charge in [0.05, 0.1) is 0 Å². The molecule has 2 aliphatic heterocycles. The Morgan fingerprint density at radius 2 is 1.07 bits per heavy atom. The molecule has 0 radical (unpaired) electrons. The van der Waals surface area contributed by atoms with Crippen LogP contribution in [0.1, 0.15) is 0 Å². The van der Waals surface area contributed by atoms with Crippen LogP contribution in [0.3, 0.4) is 0 Å². The molecule has 0 spiro atoms. The average molecular weight is 316 g/mol. The van der Waals surface area contributed by atoms with Crippen LogP contribution in [0.5, 0.6) is 0 Å². The third-order valence-electron chi connectivity index (χ3n) is 1.08. The van der Waals surface area contributed by atoms with Gasteiger partial charge in [0.15, 0.2) is 0 Å². The van der Waals surface area contributed by atoms with Crippen molar-refractivity contribution in [3.05, 3.63) is 0 Å². The topological polar surface area (TPSA) is 37.3 Å². The second-order valence-electron chi connectivity index (χ2n) is 1.96. The van der Waals surface area contributed by atoms with Crippen LogP contribution in [-0.4, -0.2) is 44.8 Å². The van der Waals surface area contributed by atoms with Crippen LogP contribution >= 0.6 is 47.0 Å². The minimum Gasteiger partial charge on any atom is -0.665 e. The summed E-state index contributed by atoms with van der Waals surface area (Å²) in [6, 6.07) is 0. The first-order valence-corrected chi connectivity index (χ1v) is 8.36. The predicted octanol–water partition coefficient (Wildman–Crippen LogP) is 2.46. The SMILES string of the molecule is C1CSCS1.C1CSCS1.O=[C-]O.[Ni]. The Balaban J connectivity index is 0. The molecule has 0 aromatic carbocycles. The Kier molecular flexibility index (Phi) is 21.3. The van der Waals surface area contributed by atoms with Crippen molar-refractivity contribution in [3.63, 3.8) is 0 Å². The Morgan fingerprint density at radius 1 is 0.857 bits per heavy atom. The zero-order valence-electron chi connectivity index (χ0n) is 7.55. The van der Waals surface area contributed by atoms with Crippen LogP contribution in [0.4, 0.5) is 0 Å². The van der Waals surface area contributed by atoms with Gasteiger partial charge in [-0.1, -0.05) is 6.47 Å². The van der Waals surface area contributed by atoms with E-state index in [1.807, 2.05) is 47.0 Å². The molecular formula is C7H13NiO2S4-. The van der Waals surface area contributed by atoms with Gasteiger partial charge in [0, 0.05) is 49.7 Å². The van der Waals surface area contributed by atoms with Crippen LogP contribution in [-0.2, 0) is 21.3 Å². The van der Waals surface area contributed by atoms with E-state index in [0.29, 0.717) is 6.47 Å². The smallest absolute Gasteiger partial charge is 0.0392 e. The molecule has 0 aliphatic carbocycles. The maximum atomic E-state index is 8.24. The van der Waals surface area contributed by atoms with Crippen molar-refractivity contribution < 1.29 is 26.4 Å². The van der Waals surface area contributed by atoms with Crippen molar-refractivity contribution in [2.45, 2.75) is 0 Å². The number of thioether (sulfide) groups is 4. The Labute approximate surface area is 112 Å². The second kappa shape index (κ2) is 16.8. The molecule has 7 heteroatoms. The normalized spacial score (nSPS) is 18.0. The third kappa shape index (κ3) is 15.8. The maximum absolute atomic E-state index is 8.24. The molecule has 2 rings (SSSR count). The number of aliphatic hydroxyl groups excluding tert-OH is 1. The van der Waals surface area contributed by atoms with Crippen LogP contribution < -0.4 is 0 Å². The fourth-order valence-corrected chi connectivity index (χ4v) is 5.30. The molecule has 0 saturated carbocycles. The summed E-state index contributed by atoms with van der Waals surface area (Å²) in [5, 5.41) is 9.43. The van der Waals surface area contributed by atoms with Crippen molar-refractivity contribution in [1.82, 2.24) is 0 Å². The monoisotopic (exact) mass is 315 g/mol. The summed E-state index contributed by atoms with van der Waals surface area (Å²) in [5.41, 5.74) is 0. The second-order valence-corrected chi connectivity index (χ2v) is 7.11. The predicted molar refractivity (Wildman–Crippen MR) is 67.9 cm³/mol. The molecule has 0 aromatic rings. The molecule has 2 nitrogen and oxygen atoms in total. The molecular weight excluding hydrogens is 303 g/mol. The first kappa shape index (κ1) is 17.7. The van der Waals surface area contributed by atoms with Crippen molar-refractivity contribution >= 4 is 53.5 Å². The fraction of sp³-hybridized carbons (Fsp3) is 0.857. The number of rotatable bonds is 0. The van der Waals surface area contributed by atoms with E-state index in [-0.39, 0.29) is 16.5 Å². The maximum Gasteiger partial charge on any atom is 0.0392 e. The zero-order valence-corrected chi connectivity index (χ0v) is 11.8. The van der Waals surface area contributed by atoms with Crippen molar-refractivity contribution in [1.29, 1.82) is 0 Å². The summed E-state index contributed by atoms with van der Waals surface area (Å²) in [6.07, 6.45) is 0. The van der Waals surface area contributed by atoms with Gasteiger partial charge in [-0.2, -0.15) is 47.0 Å². The summed E-state index contributed by atoms with van der Waals surface area (Å²) in [5.74, 6) is 5.52. The summed E-state index contributed by atoms with van der Waals surface area (Å²) in [6.45, 7) is 0.500. The van der Waals surface area contributed by atoms with Gasteiger partial charge in [-0.05, 0) is 0 Å². The standard InChI is InChI=1S/2C3H6S2.CHO2.Ni/c2*1-2-5-3-4-1;2-1-3;/h2*1-3H2;(H,2,3);/q;;-1;. The van der Waals surface area contributed by atoms with E-state index in [4.69, 9.17) is 9.90 Å². The molecule has 2 fully saturated rings. The third-order valence-corrected chi connectivity index (χ3v) is 6.23. The van der Waals surface area contributed by atoms with Crippen LogP contribution in [0, 0.1) is 0 Å². The summed E-state index contributed by atoms with van der Waals surface area (Å²) >= 11 is 8.15. The van der Waals surface area contributed by atoms with E-state index in [1.54, 1.807) is 0 Å². The minimum atomic E-state index is 0. The average Bonchev–Trinajstić information content (AvgIpc) is 2.85. The van der Waals surface area contributed by atoms with Crippen LogP contribution in [0.25, 0.3) is 0 Å². The zero-order chi connectivity index (χ0) is 9.78. The Bertz CT molecular complexity index is 84.6. The molecule has 0 atom stereocenters. The van der Waals surface area contributed by atoms with Crippen molar-refractivity contribution in [2.24, 2.45) is 0 Å². The Morgan fingerprint density at radius 3 is 1.14 bits per heavy atom. The van der Waals surface area contributed by atoms with Gasteiger partial charge in [0.1, 0.15) is 0 Å². The van der Waals surface area contributed by atoms with Crippen molar-refractivity contribution in [2.75, 3.05) is 33.2 Å². The molecule has 0 aromatic heterocycles. The van der Waals surface area contributed by atoms with Gasteiger partial charge in [0.2, 0.25) is 0 Å². The van der Waals surface area contributed by atoms with Gasteiger partial charge >= 0.3 is 0 Å². The molecule has 14 heavy (non-hydrogen) atoms. The van der Waals surface area contributed by atoms with E-state index in [9.17, 15) is 0 Å². The Hall–Kier alpha value is 1.36. The van der Waals surface area contributed by atoms with Gasteiger partial charge in [-0.15, -0.1) is 0 Å². The van der Waals surface area contributed by atoms with Gasteiger partial charge in [0.25, 0.3) is 0 Å². The van der Waals surface area contributed by atoms with E-state index < -0.39 is 0 Å². The minimum absolute atomic E-state index is 0. The van der Waals surface area contributed by atoms with E-state index in [1.165, 1.54) is 33.2 Å². The van der Waals surface area contributed by atoms with E-state index >= 15 is 0 Å². The number of hydrogen-bond acceptors (Lipinski definition) is 5. The van der Waals surface area contributed by atoms with E-state index in [0.717, 1.165) is 0 Å². The first-order chi connectivity index (χ1) is 6.41. The van der Waals surface area contributed by atoms with Gasteiger partial charge < -0.3 is 9.90 Å². The van der Waals surface area contributed by atoms with Crippen molar-refractivity contribution in [3.8, 4) is 0 Å². The molecule has 0 bridgehead atoms. The molecule has 2 aliphatic rings. The summed E-state index contributed by atoms with van der Waals surface area (Å²) in [4.78, 5) is 8.24. The quantitative estimate of drug-likeness (QED) is 0.547. The van der Waals surface area contributed by atoms with Crippen LogP contribution in [0.2, 0.25) is 0 Å². The molecule has 1 N–H and O–H groups in total. The van der Waals surface area contributed by atoms with Crippen LogP contribution in [0.15, 0.2) is 0 Å². The van der Waals surface area contributed by atoms with E-state index in [2.05, 4.69) is 0 Å². The first-order valence-electron chi connectivity index (χ1n) is 3.74. The largest absolute Gasteiger partial charge is 0.665 e. The summed E-state index contributed by atoms with van der Waals surface area (Å²) < 4.78 is 0. The summed E-state index contributed by atoms with van der Waals surface area (Å²) in [7, 11) is 0. The molecule has 0 unspecified atom stereocenters. The number of hydrogen-bond donors (Lipinski definition) is 1.